The Kier molecular flexibility index (Phi) is 6.14. The molecule has 1 fully saturated rings. The topological polar surface area (TPSA) is 63.7 Å². The van der Waals surface area contributed by atoms with Gasteiger partial charge in [-0.3, -0.25) is 4.98 Å². The lowest BCUT2D eigenvalue weighted by atomic mass is 9.85. The zero-order valence-electron chi connectivity index (χ0n) is 19.7. The molecular weight excluding hydrogens is 438 g/mol. The van der Waals surface area contributed by atoms with Crippen LogP contribution in [0.3, 0.4) is 0 Å². The average Bonchev–Trinajstić information content (AvgIpc) is 3.19. The molecule has 1 atom stereocenters. The van der Waals surface area contributed by atoms with E-state index in [1.807, 2.05) is 64.1 Å². The number of halogens is 1. The highest BCUT2D eigenvalue weighted by Crippen LogP contribution is 2.41. The minimum atomic E-state index is -0.556. The Balaban J connectivity index is 1.76. The fourth-order valence-corrected chi connectivity index (χ4v) is 4.65. The van der Waals surface area contributed by atoms with Gasteiger partial charge in [0.25, 0.3) is 0 Å². The summed E-state index contributed by atoms with van der Waals surface area (Å²) >= 11 is 6.51. The Morgan fingerprint density at radius 3 is 2.73 bits per heavy atom. The second-order valence-electron chi connectivity index (χ2n) is 9.52. The van der Waals surface area contributed by atoms with Gasteiger partial charge in [-0.05, 0) is 69.5 Å². The molecule has 0 aliphatic carbocycles. The molecule has 0 spiro atoms. The van der Waals surface area contributed by atoms with Gasteiger partial charge in [0.05, 0.1) is 24.7 Å². The van der Waals surface area contributed by atoms with Crippen molar-refractivity contribution in [2.24, 2.45) is 0 Å². The number of nitrogens with zero attached hydrogens (tertiary/aromatic N) is 2. The van der Waals surface area contributed by atoms with Crippen molar-refractivity contribution in [2.75, 3.05) is 25.5 Å². The predicted molar refractivity (Wildman–Crippen MR) is 132 cm³/mol. The number of likely N-dealkylation sites (tertiary alicyclic amines) is 1. The van der Waals surface area contributed by atoms with E-state index in [-0.39, 0.29) is 6.09 Å². The zero-order chi connectivity index (χ0) is 23.8. The molecule has 1 saturated heterocycles. The molecule has 6 nitrogen and oxygen atoms in total. The van der Waals surface area contributed by atoms with E-state index in [2.05, 4.69) is 16.4 Å². The van der Waals surface area contributed by atoms with Crippen LogP contribution < -0.4 is 10.1 Å². The minimum absolute atomic E-state index is 0.316. The van der Waals surface area contributed by atoms with Gasteiger partial charge in [0.2, 0.25) is 0 Å². The lowest BCUT2D eigenvalue weighted by Crippen LogP contribution is -2.42. The molecule has 1 aromatic heterocycles. The number of hydrogen-bond acceptors (Lipinski definition) is 5. The smallest absolute Gasteiger partial charge is 0.410 e. The van der Waals surface area contributed by atoms with Crippen LogP contribution in [-0.2, 0) is 10.3 Å². The molecule has 1 aliphatic heterocycles. The first kappa shape index (κ1) is 23.2. The molecule has 1 amide bonds. The standard InChI is InChI=1S/C26H30ClN3O3/c1-17-20(9-6-10-21(17)27)26(11-13-30(16-26)24(31)33-25(2,3)4)29-18-14-22-19(8-7-12-28-22)23(15-18)32-5/h6-10,12,14-15,29H,11,13,16H2,1-5H3. The van der Waals surface area contributed by atoms with E-state index in [0.717, 1.165) is 33.5 Å². The van der Waals surface area contributed by atoms with Crippen LogP contribution in [-0.4, -0.2) is 41.8 Å². The number of benzene rings is 2. The van der Waals surface area contributed by atoms with Crippen LogP contribution in [0.15, 0.2) is 48.7 Å². The second kappa shape index (κ2) is 8.75. The summed E-state index contributed by atoms with van der Waals surface area (Å²) in [5.74, 6) is 0.739. The molecule has 2 heterocycles. The summed E-state index contributed by atoms with van der Waals surface area (Å²) in [4.78, 5) is 19.1. The Labute approximate surface area is 199 Å². The van der Waals surface area contributed by atoms with Gasteiger partial charge in [0.15, 0.2) is 0 Å². The largest absolute Gasteiger partial charge is 0.496 e. The first-order valence-corrected chi connectivity index (χ1v) is 11.4. The highest BCUT2D eigenvalue weighted by atomic mass is 35.5. The van der Waals surface area contributed by atoms with Gasteiger partial charge in [0, 0.05) is 34.9 Å². The molecule has 0 saturated carbocycles. The maximum Gasteiger partial charge on any atom is 0.410 e. The Bertz CT molecular complexity index is 1190. The van der Waals surface area contributed by atoms with Crippen LogP contribution in [0.25, 0.3) is 10.9 Å². The van der Waals surface area contributed by atoms with Crippen LogP contribution in [0, 0.1) is 6.92 Å². The molecule has 0 radical (unpaired) electrons. The van der Waals surface area contributed by atoms with Crippen molar-refractivity contribution in [1.82, 2.24) is 9.88 Å². The molecule has 1 aliphatic rings. The highest BCUT2D eigenvalue weighted by Gasteiger charge is 2.43. The number of ether oxygens (including phenoxy) is 2. The second-order valence-corrected chi connectivity index (χ2v) is 9.93. The Morgan fingerprint density at radius 1 is 1.21 bits per heavy atom. The summed E-state index contributed by atoms with van der Waals surface area (Å²) in [7, 11) is 1.66. The average molecular weight is 468 g/mol. The van der Waals surface area contributed by atoms with E-state index >= 15 is 0 Å². The maximum absolute atomic E-state index is 12.9. The number of aromatic nitrogens is 1. The van der Waals surface area contributed by atoms with Crippen molar-refractivity contribution in [2.45, 2.75) is 45.3 Å². The molecule has 0 bridgehead atoms. The predicted octanol–water partition coefficient (Wildman–Crippen LogP) is 6.15. The normalized spacial score (nSPS) is 18.4. The van der Waals surface area contributed by atoms with Crippen molar-refractivity contribution < 1.29 is 14.3 Å². The maximum atomic E-state index is 12.9. The van der Waals surface area contributed by atoms with Crippen molar-refractivity contribution in [3.05, 3.63) is 64.8 Å². The van der Waals surface area contributed by atoms with Gasteiger partial charge in [0.1, 0.15) is 11.4 Å². The van der Waals surface area contributed by atoms with Crippen LogP contribution in [0.5, 0.6) is 5.75 Å². The quantitative estimate of drug-likeness (QED) is 0.498. The van der Waals surface area contributed by atoms with Gasteiger partial charge >= 0.3 is 6.09 Å². The molecule has 2 aromatic carbocycles. The van der Waals surface area contributed by atoms with Gasteiger partial charge in [-0.1, -0.05) is 23.7 Å². The monoisotopic (exact) mass is 467 g/mol. The van der Waals surface area contributed by atoms with E-state index < -0.39 is 11.1 Å². The van der Waals surface area contributed by atoms with Crippen molar-refractivity contribution in [1.29, 1.82) is 0 Å². The third kappa shape index (κ3) is 4.71. The van der Waals surface area contributed by atoms with Crippen LogP contribution in [0.4, 0.5) is 10.5 Å². The van der Waals surface area contributed by atoms with E-state index in [9.17, 15) is 4.79 Å². The molecule has 33 heavy (non-hydrogen) atoms. The number of hydrogen-bond donors (Lipinski definition) is 1. The molecule has 1 unspecified atom stereocenters. The molecule has 4 rings (SSSR count). The third-order valence-electron chi connectivity index (χ3n) is 5.99. The molecule has 7 heteroatoms. The van der Waals surface area contributed by atoms with Gasteiger partial charge in [-0.15, -0.1) is 0 Å². The first-order chi connectivity index (χ1) is 15.6. The van der Waals surface area contributed by atoms with E-state index in [4.69, 9.17) is 21.1 Å². The van der Waals surface area contributed by atoms with E-state index in [0.29, 0.717) is 24.5 Å². The summed E-state index contributed by atoms with van der Waals surface area (Å²) in [6.45, 7) is 8.66. The van der Waals surface area contributed by atoms with Gasteiger partial charge in [-0.25, -0.2) is 4.79 Å². The number of fused-ring (bicyclic) bond motifs is 1. The molecule has 3 aromatic rings. The number of nitrogens with one attached hydrogen (secondary N) is 1. The SMILES string of the molecule is COc1cc(NC2(c3cccc(Cl)c3C)CCN(C(=O)OC(C)(C)C)C2)cc2ncccc12. The minimum Gasteiger partial charge on any atom is -0.496 e. The lowest BCUT2D eigenvalue weighted by molar-refractivity contribution is 0.0286. The lowest BCUT2D eigenvalue weighted by Gasteiger charge is -2.34. The number of rotatable bonds is 4. The van der Waals surface area contributed by atoms with Crippen molar-refractivity contribution in [3.8, 4) is 5.75 Å². The van der Waals surface area contributed by atoms with Crippen LogP contribution in [0.2, 0.25) is 5.02 Å². The summed E-state index contributed by atoms with van der Waals surface area (Å²) in [6.07, 6.45) is 2.15. The Morgan fingerprint density at radius 2 is 2.00 bits per heavy atom. The summed E-state index contributed by atoms with van der Waals surface area (Å²) in [5, 5.41) is 5.37. The number of amides is 1. The van der Waals surface area contributed by atoms with Crippen LogP contribution in [0.1, 0.15) is 38.3 Å². The number of carbonyl (C=O) groups is 1. The van der Waals surface area contributed by atoms with Gasteiger partial charge < -0.3 is 19.7 Å². The number of anilines is 1. The fraction of sp³-hybridized carbons (Fsp3) is 0.385. The summed E-state index contributed by atoms with van der Waals surface area (Å²) in [6, 6.07) is 13.8. The van der Waals surface area contributed by atoms with Crippen LogP contribution >= 0.6 is 11.6 Å². The number of carbonyl (C=O) groups excluding carboxylic acids is 1. The van der Waals surface area contributed by atoms with Crippen molar-refractivity contribution >= 4 is 34.3 Å². The summed E-state index contributed by atoms with van der Waals surface area (Å²) < 4.78 is 11.3. The van der Waals surface area contributed by atoms with Crippen molar-refractivity contribution in [3.63, 3.8) is 0 Å². The molecule has 174 valence electrons. The molecular formula is C26H30ClN3O3. The Hall–Kier alpha value is -2.99. The van der Waals surface area contributed by atoms with E-state index in [1.165, 1.54) is 0 Å². The van der Waals surface area contributed by atoms with Gasteiger partial charge in [-0.2, -0.15) is 0 Å². The fourth-order valence-electron chi connectivity index (χ4n) is 4.47. The third-order valence-corrected chi connectivity index (χ3v) is 6.40. The van der Waals surface area contributed by atoms with E-state index in [1.54, 1.807) is 18.2 Å². The zero-order valence-corrected chi connectivity index (χ0v) is 20.5. The summed E-state index contributed by atoms with van der Waals surface area (Å²) in [5.41, 5.74) is 2.64. The molecule has 1 N–H and O–H groups in total. The number of pyridine rings is 1. The first-order valence-electron chi connectivity index (χ1n) is 11.1. The number of methoxy groups -OCH3 is 1. The highest BCUT2D eigenvalue weighted by molar-refractivity contribution is 6.31.